The van der Waals surface area contributed by atoms with Crippen LogP contribution in [0.15, 0.2) is 11.6 Å². The van der Waals surface area contributed by atoms with Crippen LogP contribution in [0, 0.1) is 46.3 Å². The minimum atomic E-state index is -0.315. The maximum Gasteiger partial charge on any atom is 0.306 e. The fraction of sp³-hybridized carbons (Fsp3) is 0.909. The third-order valence-corrected chi connectivity index (χ3v) is 12.6. The Kier molecular flexibility index (Phi) is 6.87. The summed E-state index contributed by atoms with van der Waals surface area (Å²) in [6.07, 6.45) is 17.4. The average molecular weight is 513 g/mol. The number of rotatable bonds is 5. The highest BCUT2D eigenvalue weighted by atomic mass is 16.7. The van der Waals surface area contributed by atoms with Crippen molar-refractivity contribution in [2.75, 3.05) is 6.61 Å². The van der Waals surface area contributed by atoms with Gasteiger partial charge in [-0.3, -0.25) is 4.79 Å². The van der Waals surface area contributed by atoms with Crippen LogP contribution in [-0.2, 0) is 19.0 Å². The first kappa shape index (κ1) is 26.4. The topological polar surface area (TPSA) is 44.8 Å². The summed E-state index contributed by atoms with van der Waals surface area (Å²) in [4.78, 5) is 12.4. The van der Waals surface area contributed by atoms with Gasteiger partial charge in [0.25, 0.3) is 0 Å². The molecule has 4 heteroatoms. The van der Waals surface area contributed by atoms with Crippen LogP contribution in [-0.4, -0.2) is 30.6 Å². The summed E-state index contributed by atoms with van der Waals surface area (Å²) in [5.41, 5.74) is 2.25. The van der Waals surface area contributed by atoms with E-state index >= 15 is 0 Å². The molecule has 0 aromatic heterocycles. The molecule has 6 rings (SSSR count). The molecule has 11 atom stereocenters. The highest BCUT2D eigenvalue weighted by Crippen LogP contribution is 2.70. The molecule has 4 nitrogen and oxygen atoms in total. The van der Waals surface area contributed by atoms with Crippen LogP contribution < -0.4 is 0 Å². The molecule has 0 N–H and O–H groups in total. The largest absolute Gasteiger partial charge is 0.462 e. The Balaban J connectivity index is 1.15. The minimum absolute atomic E-state index is 0.0190. The lowest BCUT2D eigenvalue weighted by molar-refractivity contribution is -0.272. The fourth-order valence-electron chi connectivity index (χ4n) is 10.5. The van der Waals surface area contributed by atoms with Gasteiger partial charge in [0.05, 0.1) is 12.7 Å². The summed E-state index contributed by atoms with van der Waals surface area (Å²) in [6, 6.07) is 0. The number of hydrogen-bond acceptors (Lipinski definition) is 4. The summed E-state index contributed by atoms with van der Waals surface area (Å²) in [5, 5.41) is 0. The number of ether oxygens (including phenoxy) is 3. The van der Waals surface area contributed by atoms with E-state index in [1.807, 2.05) is 0 Å². The lowest BCUT2D eigenvalue weighted by Gasteiger charge is -2.58. The van der Waals surface area contributed by atoms with Gasteiger partial charge in [0.1, 0.15) is 6.10 Å². The first-order valence-corrected chi connectivity index (χ1v) is 15.9. The van der Waals surface area contributed by atoms with Gasteiger partial charge in [0.2, 0.25) is 0 Å². The predicted molar refractivity (Wildman–Crippen MR) is 146 cm³/mol. The molecule has 2 saturated heterocycles. The van der Waals surface area contributed by atoms with Gasteiger partial charge in [-0.15, -0.1) is 0 Å². The Morgan fingerprint density at radius 3 is 2.68 bits per heavy atom. The van der Waals surface area contributed by atoms with E-state index in [0.29, 0.717) is 35.7 Å². The van der Waals surface area contributed by atoms with Gasteiger partial charge in [-0.2, -0.15) is 0 Å². The molecule has 1 unspecified atom stereocenters. The standard InChI is InChI=1S/C33H52O4/c1-6-7-8-9-29(34)36-24-13-15-31(4)23(18-24)10-11-25-26(31)14-16-32(5)27(25)19-28-30(32)22(3)33(37-28)17-12-21(2)20-35-33/h10,21-22,24-28,30H,6-9,11-20H2,1-5H3/t21?,22-,24-,25+,26-,27-,28-,30-,31-,32-,33+/m0/s1. The van der Waals surface area contributed by atoms with E-state index in [4.69, 9.17) is 14.2 Å². The summed E-state index contributed by atoms with van der Waals surface area (Å²) in [7, 11) is 0. The summed E-state index contributed by atoms with van der Waals surface area (Å²) < 4.78 is 19.4. The van der Waals surface area contributed by atoms with E-state index in [0.717, 1.165) is 62.9 Å². The first-order valence-electron chi connectivity index (χ1n) is 15.9. The van der Waals surface area contributed by atoms with Gasteiger partial charge >= 0.3 is 5.97 Å². The van der Waals surface area contributed by atoms with Gasteiger partial charge < -0.3 is 14.2 Å². The fourth-order valence-corrected chi connectivity index (χ4v) is 10.5. The van der Waals surface area contributed by atoms with Gasteiger partial charge in [-0.1, -0.05) is 59.1 Å². The molecule has 0 aromatic carbocycles. The van der Waals surface area contributed by atoms with Gasteiger partial charge in [0, 0.05) is 25.2 Å². The molecule has 1 spiro atoms. The molecule has 0 aromatic rings. The molecule has 5 fully saturated rings. The van der Waals surface area contributed by atoms with Gasteiger partial charge in [-0.05, 0) is 91.8 Å². The highest BCUT2D eigenvalue weighted by molar-refractivity contribution is 5.69. The summed E-state index contributed by atoms with van der Waals surface area (Å²) >= 11 is 0. The van der Waals surface area contributed by atoms with E-state index in [-0.39, 0.29) is 23.3 Å². The monoisotopic (exact) mass is 512 g/mol. The third kappa shape index (κ3) is 4.17. The molecule has 2 aliphatic heterocycles. The maximum absolute atomic E-state index is 12.4. The number of fused-ring (bicyclic) bond motifs is 7. The van der Waals surface area contributed by atoms with E-state index in [2.05, 4.69) is 40.7 Å². The molecule has 0 amide bonds. The summed E-state index contributed by atoms with van der Waals surface area (Å²) in [5.74, 6) is 3.77. The Labute approximate surface area is 225 Å². The van der Waals surface area contributed by atoms with Crippen LogP contribution in [0.5, 0.6) is 0 Å². The Bertz CT molecular complexity index is 902. The van der Waals surface area contributed by atoms with E-state index in [9.17, 15) is 4.79 Å². The SMILES string of the molecule is CCCCCC(=O)O[C@H]1CC[C@@]2(C)C(=CC[C@H]3[C@@H]4C[C@@H]5O[C@]6(CCC(C)CO6)[C@@H](C)[C@@H]5[C@@]4(C)CC[C@@H]32)C1. The minimum Gasteiger partial charge on any atom is -0.462 e. The van der Waals surface area contributed by atoms with Crippen LogP contribution >= 0.6 is 0 Å². The second-order valence-electron chi connectivity index (χ2n) is 14.6. The van der Waals surface area contributed by atoms with Crippen molar-refractivity contribution in [2.45, 2.75) is 136 Å². The Morgan fingerprint density at radius 1 is 1.08 bits per heavy atom. The van der Waals surface area contributed by atoms with E-state index in [1.54, 1.807) is 5.57 Å². The second-order valence-corrected chi connectivity index (χ2v) is 14.6. The zero-order chi connectivity index (χ0) is 26.0. The molecule has 4 aliphatic carbocycles. The Morgan fingerprint density at radius 2 is 1.92 bits per heavy atom. The molecule has 37 heavy (non-hydrogen) atoms. The Hall–Kier alpha value is -0.870. The van der Waals surface area contributed by atoms with Crippen molar-refractivity contribution in [1.82, 2.24) is 0 Å². The second kappa shape index (κ2) is 9.65. The zero-order valence-electron chi connectivity index (χ0n) is 24.2. The van der Waals surface area contributed by atoms with Crippen molar-refractivity contribution in [2.24, 2.45) is 46.3 Å². The van der Waals surface area contributed by atoms with Crippen molar-refractivity contribution < 1.29 is 19.0 Å². The first-order chi connectivity index (χ1) is 17.7. The van der Waals surface area contributed by atoms with E-state index < -0.39 is 0 Å². The van der Waals surface area contributed by atoms with Crippen LogP contribution in [0.3, 0.4) is 0 Å². The number of carbonyl (C=O) groups excluding carboxylic acids is 1. The van der Waals surface area contributed by atoms with Crippen LogP contribution in [0.25, 0.3) is 0 Å². The van der Waals surface area contributed by atoms with Gasteiger partial charge in [-0.25, -0.2) is 0 Å². The molecule has 2 heterocycles. The number of unbranched alkanes of at least 4 members (excludes halogenated alkanes) is 2. The highest BCUT2D eigenvalue weighted by Gasteiger charge is 2.68. The van der Waals surface area contributed by atoms with Crippen molar-refractivity contribution in [3.05, 3.63) is 11.6 Å². The van der Waals surface area contributed by atoms with Crippen molar-refractivity contribution >= 4 is 5.97 Å². The molecular formula is C33H52O4. The zero-order valence-corrected chi connectivity index (χ0v) is 24.2. The van der Waals surface area contributed by atoms with Crippen LogP contribution in [0.2, 0.25) is 0 Å². The summed E-state index contributed by atoms with van der Waals surface area (Å²) in [6.45, 7) is 13.0. The van der Waals surface area contributed by atoms with Crippen molar-refractivity contribution in [3.8, 4) is 0 Å². The molecule has 0 bridgehead atoms. The normalized spacial score (nSPS) is 50.6. The number of allylic oxidation sites excluding steroid dienone is 1. The number of hydrogen-bond donors (Lipinski definition) is 0. The molecule has 3 saturated carbocycles. The quantitative estimate of drug-likeness (QED) is 0.214. The predicted octanol–water partition coefficient (Wildman–Crippen LogP) is 7.85. The molecule has 208 valence electrons. The van der Waals surface area contributed by atoms with Crippen LogP contribution in [0.1, 0.15) is 118 Å². The lowest BCUT2D eigenvalue weighted by atomic mass is 9.47. The molecule has 0 radical (unpaired) electrons. The van der Waals surface area contributed by atoms with E-state index in [1.165, 1.54) is 38.5 Å². The average Bonchev–Trinajstić information content (AvgIpc) is 3.31. The maximum atomic E-state index is 12.4. The van der Waals surface area contributed by atoms with Crippen molar-refractivity contribution in [1.29, 1.82) is 0 Å². The van der Waals surface area contributed by atoms with Gasteiger partial charge in [0.15, 0.2) is 5.79 Å². The smallest absolute Gasteiger partial charge is 0.306 e. The number of esters is 1. The number of carbonyl (C=O) groups is 1. The molecular weight excluding hydrogens is 460 g/mol. The van der Waals surface area contributed by atoms with Crippen molar-refractivity contribution in [3.63, 3.8) is 0 Å². The van der Waals surface area contributed by atoms with Crippen LogP contribution in [0.4, 0.5) is 0 Å². The third-order valence-electron chi connectivity index (χ3n) is 12.6. The lowest BCUT2D eigenvalue weighted by Crippen LogP contribution is -2.52. The molecule has 6 aliphatic rings.